The lowest BCUT2D eigenvalue weighted by atomic mass is 9.88. The Morgan fingerprint density at radius 1 is 1.06 bits per heavy atom. The fourth-order valence-corrected chi connectivity index (χ4v) is 1.66. The van der Waals surface area contributed by atoms with E-state index in [0.29, 0.717) is 5.41 Å². The van der Waals surface area contributed by atoms with E-state index in [2.05, 4.69) is 62.0 Å². The minimum Gasteiger partial charge on any atom is -0.0999 e. The predicted octanol–water partition coefficient (Wildman–Crippen LogP) is 6.47. The van der Waals surface area contributed by atoms with Crippen LogP contribution >= 0.6 is 0 Å². The van der Waals surface area contributed by atoms with E-state index >= 15 is 0 Å². The minimum atomic E-state index is 0.424. The highest BCUT2D eigenvalue weighted by Gasteiger charge is 2.10. The van der Waals surface area contributed by atoms with Gasteiger partial charge in [-0.2, -0.15) is 0 Å². The summed E-state index contributed by atoms with van der Waals surface area (Å²) < 4.78 is 0. The molecule has 0 saturated carbocycles. The quantitative estimate of drug-likeness (QED) is 0.483. The van der Waals surface area contributed by atoms with Crippen molar-refractivity contribution < 1.29 is 0 Å². The van der Waals surface area contributed by atoms with Crippen LogP contribution in [0.15, 0.2) is 12.2 Å². The first kappa shape index (κ1) is 19.1. The molecule has 0 aromatic heterocycles. The molecule has 1 atom stereocenters. The summed E-state index contributed by atoms with van der Waals surface area (Å²) in [5.41, 5.74) is 1.79. The highest BCUT2D eigenvalue weighted by Crippen LogP contribution is 2.24. The predicted molar refractivity (Wildman–Crippen MR) is 82.4 cm³/mol. The van der Waals surface area contributed by atoms with Crippen LogP contribution < -0.4 is 0 Å². The molecule has 0 aromatic rings. The van der Waals surface area contributed by atoms with Gasteiger partial charge in [-0.3, -0.25) is 0 Å². The Labute approximate surface area is 111 Å². The Hall–Kier alpha value is -0.260. The Morgan fingerprint density at radius 2 is 1.53 bits per heavy atom. The van der Waals surface area contributed by atoms with Gasteiger partial charge in [-0.25, -0.2) is 0 Å². The molecule has 0 nitrogen and oxygen atoms in total. The lowest BCUT2D eigenvalue weighted by molar-refractivity contribution is 0.389. The molecule has 0 aliphatic rings. The van der Waals surface area contributed by atoms with Crippen molar-refractivity contribution in [2.24, 2.45) is 17.3 Å². The maximum Gasteiger partial charge on any atom is -0.0274 e. The molecule has 0 aliphatic carbocycles. The fraction of sp³-hybridized carbons (Fsp3) is 0.882. The second-order valence-electron chi connectivity index (χ2n) is 6.85. The van der Waals surface area contributed by atoms with Gasteiger partial charge in [0.25, 0.3) is 0 Å². The van der Waals surface area contributed by atoms with Crippen LogP contribution in [0.3, 0.4) is 0 Å². The number of rotatable bonds is 5. The number of hydrogen-bond donors (Lipinski definition) is 0. The van der Waals surface area contributed by atoms with Crippen molar-refractivity contribution in [1.29, 1.82) is 0 Å². The first-order chi connectivity index (χ1) is 7.64. The molecule has 0 heterocycles. The first-order valence-electron chi connectivity index (χ1n) is 7.30. The summed E-state index contributed by atoms with van der Waals surface area (Å²) in [5, 5.41) is 0. The van der Waals surface area contributed by atoms with Gasteiger partial charge < -0.3 is 0 Å². The molecular formula is C17H36. The second-order valence-corrected chi connectivity index (χ2v) is 6.85. The first-order valence-corrected chi connectivity index (χ1v) is 7.30. The topological polar surface area (TPSA) is 0 Å². The minimum absolute atomic E-state index is 0.424. The average Bonchev–Trinajstić information content (AvgIpc) is 2.16. The third kappa shape index (κ3) is 15.7. The molecule has 0 N–H and O–H groups in total. The van der Waals surface area contributed by atoms with Crippen LogP contribution in [-0.4, -0.2) is 0 Å². The van der Waals surface area contributed by atoms with Crippen LogP contribution in [0.4, 0.5) is 0 Å². The average molecular weight is 240 g/mol. The Kier molecular flexibility index (Phi) is 10.9. The summed E-state index contributed by atoms with van der Waals surface area (Å²) in [5.74, 6) is 1.79. The molecule has 0 aliphatic heterocycles. The Morgan fingerprint density at radius 3 is 1.65 bits per heavy atom. The van der Waals surface area contributed by atoms with E-state index < -0.39 is 0 Å². The maximum atomic E-state index is 3.96. The molecule has 0 fully saturated rings. The monoisotopic (exact) mass is 240 g/mol. The summed E-state index contributed by atoms with van der Waals surface area (Å²) in [6, 6.07) is 0. The van der Waals surface area contributed by atoms with Crippen LogP contribution in [0, 0.1) is 17.3 Å². The molecule has 0 bridgehead atoms. The maximum absolute atomic E-state index is 3.96. The molecule has 0 spiro atoms. The van der Waals surface area contributed by atoms with Crippen molar-refractivity contribution in [3.05, 3.63) is 12.2 Å². The van der Waals surface area contributed by atoms with Gasteiger partial charge in [0, 0.05) is 0 Å². The lowest BCUT2D eigenvalue weighted by Gasteiger charge is -2.18. The van der Waals surface area contributed by atoms with Crippen LogP contribution in [-0.2, 0) is 0 Å². The van der Waals surface area contributed by atoms with Gasteiger partial charge >= 0.3 is 0 Å². The van der Waals surface area contributed by atoms with E-state index in [-0.39, 0.29) is 0 Å². The third-order valence-electron chi connectivity index (χ3n) is 3.16. The summed E-state index contributed by atoms with van der Waals surface area (Å²) in [7, 11) is 0. The molecule has 0 saturated heterocycles. The van der Waals surface area contributed by atoms with Gasteiger partial charge in [0.1, 0.15) is 0 Å². The third-order valence-corrected chi connectivity index (χ3v) is 3.16. The second kappa shape index (κ2) is 9.74. The number of allylic oxidation sites excluding steroid dienone is 1. The molecule has 0 aromatic carbocycles. The molecule has 17 heavy (non-hydrogen) atoms. The van der Waals surface area contributed by atoms with Gasteiger partial charge in [0.05, 0.1) is 0 Å². The fourth-order valence-electron chi connectivity index (χ4n) is 1.66. The van der Waals surface area contributed by atoms with Crippen LogP contribution in [0.5, 0.6) is 0 Å². The van der Waals surface area contributed by atoms with Crippen molar-refractivity contribution in [1.82, 2.24) is 0 Å². The highest BCUT2D eigenvalue weighted by atomic mass is 14.2. The summed E-state index contributed by atoms with van der Waals surface area (Å²) >= 11 is 0. The standard InChI is InChI=1S/C9H18.C8H18/c1-6-8(2)7-9(3,4)5;1-5-6-8(4)7(2)3/h2,6-7H2,1,3-5H3;7-8H,5-6H2,1-4H3. The highest BCUT2D eigenvalue weighted by molar-refractivity contribution is 4.95. The SMILES string of the molecule is C=C(CC)CC(C)(C)C.CCCC(C)C(C)C. The van der Waals surface area contributed by atoms with Crippen molar-refractivity contribution in [2.75, 3.05) is 0 Å². The van der Waals surface area contributed by atoms with Gasteiger partial charge in [-0.1, -0.05) is 80.4 Å². The van der Waals surface area contributed by atoms with Gasteiger partial charge in [0.15, 0.2) is 0 Å². The van der Waals surface area contributed by atoms with Crippen molar-refractivity contribution in [3.8, 4) is 0 Å². The zero-order chi connectivity index (χ0) is 14.1. The van der Waals surface area contributed by atoms with Crippen LogP contribution in [0.2, 0.25) is 0 Å². The largest absolute Gasteiger partial charge is 0.0999 e. The van der Waals surface area contributed by atoms with Crippen LogP contribution in [0.25, 0.3) is 0 Å². The van der Waals surface area contributed by atoms with Crippen molar-refractivity contribution in [3.63, 3.8) is 0 Å². The number of hydrogen-bond acceptors (Lipinski definition) is 0. The molecule has 1 unspecified atom stereocenters. The zero-order valence-corrected chi connectivity index (χ0v) is 13.7. The Balaban J connectivity index is 0. The summed E-state index contributed by atoms with van der Waals surface area (Å²) in [4.78, 5) is 0. The van der Waals surface area contributed by atoms with Gasteiger partial charge in [-0.15, -0.1) is 0 Å². The lowest BCUT2D eigenvalue weighted by Crippen LogP contribution is -2.05. The summed E-state index contributed by atoms with van der Waals surface area (Å²) in [6.45, 7) is 22.0. The molecule has 0 radical (unpaired) electrons. The van der Waals surface area contributed by atoms with E-state index in [1.54, 1.807) is 0 Å². The van der Waals surface area contributed by atoms with E-state index in [9.17, 15) is 0 Å². The van der Waals surface area contributed by atoms with E-state index in [0.717, 1.165) is 24.7 Å². The summed E-state index contributed by atoms with van der Waals surface area (Å²) in [6.07, 6.45) is 5.00. The van der Waals surface area contributed by atoms with E-state index in [1.807, 2.05) is 0 Å². The molecular weight excluding hydrogens is 204 g/mol. The van der Waals surface area contributed by atoms with Crippen molar-refractivity contribution in [2.45, 2.75) is 81.1 Å². The smallest absolute Gasteiger partial charge is 0.0274 e. The van der Waals surface area contributed by atoms with E-state index in [1.165, 1.54) is 18.4 Å². The molecule has 104 valence electrons. The Bertz CT molecular complexity index is 181. The van der Waals surface area contributed by atoms with Gasteiger partial charge in [0.2, 0.25) is 0 Å². The molecule has 0 amide bonds. The normalized spacial score (nSPS) is 13.0. The van der Waals surface area contributed by atoms with E-state index in [4.69, 9.17) is 0 Å². The molecule has 0 rings (SSSR count). The molecule has 0 heteroatoms. The van der Waals surface area contributed by atoms with Gasteiger partial charge in [-0.05, 0) is 30.1 Å². The van der Waals surface area contributed by atoms with Crippen molar-refractivity contribution >= 4 is 0 Å². The zero-order valence-electron chi connectivity index (χ0n) is 13.7. The van der Waals surface area contributed by atoms with Crippen LogP contribution in [0.1, 0.15) is 81.1 Å².